The first-order valence-corrected chi connectivity index (χ1v) is 4.14. The molecule has 0 radical (unpaired) electrons. The molecule has 2 N–H and O–H groups in total. The van der Waals surface area contributed by atoms with Gasteiger partial charge in [-0.1, -0.05) is 30.4 Å². The monoisotopic (exact) mass is 170 g/mol. The van der Waals surface area contributed by atoms with Crippen LogP contribution in [0.2, 0.25) is 0 Å². The van der Waals surface area contributed by atoms with Gasteiger partial charge < -0.3 is 5.73 Å². The Bertz CT molecular complexity index is 401. The number of hydrogen-bond donors (Lipinski definition) is 1. The van der Waals surface area contributed by atoms with Crippen LogP contribution in [-0.4, -0.2) is 4.98 Å². The molecule has 0 spiro atoms. The molecule has 0 fully saturated rings. The van der Waals surface area contributed by atoms with Gasteiger partial charge in [0.05, 0.1) is 5.69 Å². The van der Waals surface area contributed by atoms with Crippen molar-refractivity contribution in [1.82, 2.24) is 4.98 Å². The van der Waals surface area contributed by atoms with E-state index in [-0.39, 0.29) is 0 Å². The summed E-state index contributed by atoms with van der Waals surface area (Å²) in [6.45, 7) is 0. The van der Waals surface area contributed by atoms with Crippen molar-refractivity contribution in [2.24, 2.45) is 0 Å². The first kappa shape index (κ1) is 7.80. The normalized spacial score (nSPS) is 20.9. The van der Waals surface area contributed by atoms with Crippen LogP contribution < -0.4 is 5.73 Å². The van der Waals surface area contributed by atoms with Crippen LogP contribution in [0.5, 0.6) is 0 Å². The highest BCUT2D eigenvalue weighted by atomic mass is 14.8. The van der Waals surface area contributed by atoms with Gasteiger partial charge in [0, 0.05) is 5.56 Å². The van der Waals surface area contributed by atoms with Gasteiger partial charge in [0.1, 0.15) is 5.82 Å². The van der Waals surface area contributed by atoms with Gasteiger partial charge in [-0.25, -0.2) is 4.98 Å². The van der Waals surface area contributed by atoms with Crippen molar-refractivity contribution in [3.63, 3.8) is 0 Å². The van der Waals surface area contributed by atoms with E-state index in [9.17, 15) is 0 Å². The summed E-state index contributed by atoms with van der Waals surface area (Å²) in [4.78, 5) is 4.22. The fourth-order valence-corrected chi connectivity index (χ4v) is 1.21. The second-order valence-electron chi connectivity index (χ2n) is 2.81. The number of anilines is 1. The molecule has 0 bridgehead atoms. The average Bonchev–Trinajstić information content (AvgIpc) is 2.08. The number of rotatable bonds is 0. The average molecular weight is 170 g/mol. The highest BCUT2D eigenvalue weighted by Gasteiger charge is 1.98. The minimum Gasteiger partial charge on any atom is -0.384 e. The summed E-state index contributed by atoms with van der Waals surface area (Å²) in [5, 5.41) is 0. The first-order valence-electron chi connectivity index (χ1n) is 4.14. The first-order chi connectivity index (χ1) is 6.36. The second-order valence-corrected chi connectivity index (χ2v) is 2.81. The highest BCUT2D eigenvalue weighted by molar-refractivity contribution is 5.66. The van der Waals surface area contributed by atoms with Crippen LogP contribution in [0.25, 0.3) is 12.2 Å². The molecule has 0 aromatic carbocycles. The third-order valence-corrected chi connectivity index (χ3v) is 1.84. The van der Waals surface area contributed by atoms with Crippen LogP contribution in [0.3, 0.4) is 0 Å². The van der Waals surface area contributed by atoms with E-state index in [1.165, 1.54) is 0 Å². The van der Waals surface area contributed by atoms with Gasteiger partial charge >= 0.3 is 0 Å². The molecule has 0 aliphatic heterocycles. The van der Waals surface area contributed by atoms with Crippen molar-refractivity contribution in [3.8, 4) is 0 Å². The minimum absolute atomic E-state index is 0.557. The van der Waals surface area contributed by atoms with Crippen molar-refractivity contribution in [2.75, 3.05) is 5.73 Å². The van der Waals surface area contributed by atoms with Crippen LogP contribution in [0.15, 0.2) is 36.4 Å². The maximum atomic E-state index is 5.58. The third-order valence-electron chi connectivity index (χ3n) is 1.84. The Kier molecular flexibility index (Phi) is 1.96. The lowest BCUT2D eigenvalue weighted by atomic mass is 10.1. The van der Waals surface area contributed by atoms with Gasteiger partial charge in [0.2, 0.25) is 0 Å². The standard InChI is InChI=1S/C11H10N2/c12-11-8-7-9-5-3-1-2-4-6-10(9)13-11/h1-8H,(H2,12,13)/b2-1-,3-1?,4-2?,5-3-,6-4-,9-5?,10-6?. The number of hydrogen-bond acceptors (Lipinski definition) is 2. The number of nitrogen functional groups attached to an aromatic ring is 1. The molecule has 0 amide bonds. The van der Waals surface area contributed by atoms with E-state index in [2.05, 4.69) is 4.98 Å². The number of aromatic nitrogens is 1. The van der Waals surface area contributed by atoms with Crippen LogP contribution in [0.1, 0.15) is 11.3 Å². The SMILES string of the molecule is Nc1ccc2c(n1)\C=C/C=C\C=C/2. The summed E-state index contributed by atoms with van der Waals surface area (Å²) in [6.07, 6.45) is 11.8. The zero-order valence-electron chi connectivity index (χ0n) is 7.14. The zero-order chi connectivity index (χ0) is 9.10. The molecule has 2 nitrogen and oxygen atoms in total. The molecule has 0 unspecified atom stereocenters. The van der Waals surface area contributed by atoms with Gasteiger partial charge in [-0.15, -0.1) is 0 Å². The Morgan fingerprint density at radius 2 is 1.69 bits per heavy atom. The molecule has 0 atom stereocenters. The summed E-state index contributed by atoms with van der Waals surface area (Å²) in [7, 11) is 0. The molecular formula is C11H10N2. The summed E-state index contributed by atoms with van der Waals surface area (Å²) in [5.41, 5.74) is 7.59. The second kappa shape index (κ2) is 3.27. The summed E-state index contributed by atoms with van der Waals surface area (Å²) in [6, 6.07) is 3.78. The van der Waals surface area contributed by atoms with E-state index < -0.39 is 0 Å². The van der Waals surface area contributed by atoms with Crippen molar-refractivity contribution < 1.29 is 0 Å². The minimum atomic E-state index is 0.557. The van der Waals surface area contributed by atoms with E-state index in [4.69, 9.17) is 5.73 Å². The van der Waals surface area contributed by atoms with Gasteiger partial charge in [0.15, 0.2) is 0 Å². The lowest BCUT2D eigenvalue weighted by molar-refractivity contribution is 1.29. The number of fused-ring (bicyclic) bond motifs is 1. The highest BCUT2D eigenvalue weighted by Crippen LogP contribution is 2.14. The molecule has 0 saturated carbocycles. The Labute approximate surface area is 77.1 Å². The van der Waals surface area contributed by atoms with E-state index in [0.717, 1.165) is 11.3 Å². The van der Waals surface area contributed by atoms with E-state index in [0.29, 0.717) is 5.82 Å². The quantitative estimate of drug-likeness (QED) is 0.648. The van der Waals surface area contributed by atoms with Gasteiger partial charge in [-0.2, -0.15) is 0 Å². The van der Waals surface area contributed by atoms with Crippen molar-refractivity contribution in [2.45, 2.75) is 0 Å². The van der Waals surface area contributed by atoms with E-state index in [1.54, 1.807) is 0 Å². The fourth-order valence-electron chi connectivity index (χ4n) is 1.21. The molecule has 2 rings (SSSR count). The van der Waals surface area contributed by atoms with Gasteiger partial charge in [-0.05, 0) is 18.2 Å². The van der Waals surface area contributed by atoms with E-state index in [1.807, 2.05) is 48.6 Å². The van der Waals surface area contributed by atoms with Crippen LogP contribution in [0, 0.1) is 0 Å². The molecule has 1 heterocycles. The predicted molar refractivity (Wildman–Crippen MR) is 55.9 cm³/mol. The predicted octanol–water partition coefficient (Wildman–Crippen LogP) is 2.26. The molecule has 1 aliphatic rings. The van der Waals surface area contributed by atoms with Crippen molar-refractivity contribution in [1.29, 1.82) is 0 Å². The molecular weight excluding hydrogens is 160 g/mol. The Morgan fingerprint density at radius 3 is 2.54 bits per heavy atom. The molecule has 1 aromatic heterocycles. The number of nitrogens with zero attached hydrogens (tertiary/aromatic N) is 1. The smallest absolute Gasteiger partial charge is 0.124 e. The number of pyridine rings is 1. The Morgan fingerprint density at radius 1 is 0.923 bits per heavy atom. The van der Waals surface area contributed by atoms with Crippen molar-refractivity contribution in [3.05, 3.63) is 47.7 Å². The molecule has 1 aliphatic carbocycles. The topological polar surface area (TPSA) is 38.9 Å². The maximum absolute atomic E-state index is 5.58. The van der Waals surface area contributed by atoms with Crippen LogP contribution in [-0.2, 0) is 0 Å². The molecule has 0 saturated heterocycles. The molecule has 64 valence electrons. The maximum Gasteiger partial charge on any atom is 0.124 e. The van der Waals surface area contributed by atoms with Crippen LogP contribution >= 0.6 is 0 Å². The number of allylic oxidation sites excluding steroid dienone is 4. The Balaban J connectivity index is 2.56. The van der Waals surface area contributed by atoms with E-state index >= 15 is 0 Å². The van der Waals surface area contributed by atoms with Gasteiger partial charge in [-0.3, -0.25) is 0 Å². The zero-order valence-corrected chi connectivity index (χ0v) is 7.14. The largest absolute Gasteiger partial charge is 0.384 e. The third kappa shape index (κ3) is 1.67. The fraction of sp³-hybridized carbons (Fsp3) is 0. The number of nitrogens with two attached hydrogens (primary N) is 1. The Hall–Kier alpha value is -1.83. The lowest BCUT2D eigenvalue weighted by Gasteiger charge is -2.01. The molecule has 1 aromatic rings. The summed E-state index contributed by atoms with van der Waals surface area (Å²) in [5.74, 6) is 0.557. The molecule has 13 heavy (non-hydrogen) atoms. The lowest BCUT2D eigenvalue weighted by Crippen LogP contribution is -1.94. The summed E-state index contributed by atoms with van der Waals surface area (Å²) < 4.78 is 0. The molecule has 2 heteroatoms. The van der Waals surface area contributed by atoms with Crippen molar-refractivity contribution >= 4 is 18.0 Å². The van der Waals surface area contributed by atoms with Crippen LogP contribution in [0.4, 0.5) is 5.82 Å². The summed E-state index contributed by atoms with van der Waals surface area (Å²) >= 11 is 0. The van der Waals surface area contributed by atoms with Gasteiger partial charge in [0.25, 0.3) is 0 Å².